The van der Waals surface area contributed by atoms with Gasteiger partial charge in [-0.05, 0) is 37.1 Å². The second kappa shape index (κ2) is 12.0. The molecule has 1 heterocycles. The average Bonchev–Trinajstić information content (AvgIpc) is 2.87. The quantitative estimate of drug-likeness (QED) is 0.257. The number of nitrogens with zero attached hydrogens (tertiary/aromatic N) is 1. The zero-order valence-corrected chi connectivity index (χ0v) is 20.4. The molecule has 0 amide bonds. The molecule has 1 aliphatic heterocycles. The van der Waals surface area contributed by atoms with Crippen LogP contribution in [-0.2, 0) is 25.5 Å². The van der Waals surface area contributed by atoms with Crippen molar-refractivity contribution in [2.24, 2.45) is 0 Å². The number of aliphatic hydroxyl groups is 1. The fourth-order valence-electron chi connectivity index (χ4n) is 4.13. The largest absolute Gasteiger partial charge is 0.466 e. The Morgan fingerprint density at radius 3 is 2.36 bits per heavy atom. The third kappa shape index (κ3) is 6.08. The van der Waals surface area contributed by atoms with E-state index < -0.39 is 22.8 Å². The summed E-state index contributed by atoms with van der Waals surface area (Å²) in [7, 11) is 1.24. The van der Waals surface area contributed by atoms with Gasteiger partial charge in [-0.2, -0.15) is 0 Å². The second-order valence-corrected chi connectivity index (χ2v) is 8.21. The van der Waals surface area contributed by atoms with E-state index in [1.807, 2.05) is 24.3 Å². The summed E-state index contributed by atoms with van der Waals surface area (Å²) in [5.41, 5.74) is 3.41. The standard InChI is InChI=1S/C26H29N3O7/c1-16-22(25(31)35-3)24(19-5-4-6-21(15-19)29(33)34)23(17(2)28-16)26(32)36-14-11-18-7-9-20(10-8-18)27-12-13-30/h4-10,15,24,27-28,30H,11-14H2,1-3H3. The van der Waals surface area contributed by atoms with Crippen molar-refractivity contribution in [3.8, 4) is 0 Å². The molecule has 0 bridgehead atoms. The highest BCUT2D eigenvalue weighted by atomic mass is 16.6. The number of hydrogen-bond donors (Lipinski definition) is 3. The Kier molecular flexibility index (Phi) is 8.80. The van der Waals surface area contributed by atoms with Crippen molar-refractivity contribution in [3.63, 3.8) is 0 Å². The molecule has 3 N–H and O–H groups in total. The lowest BCUT2D eigenvalue weighted by molar-refractivity contribution is -0.384. The molecular weight excluding hydrogens is 466 g/mol. The minimum Gasteiger partial charge on any atom is -0.466 e. The number of allylic oxidation sites excluding steroid dienone is 2. The summed E-state index contributed by atoms with van der Waals surface area (Å²) < 4.78 is 10.5. The second-order valence-electron chi connectivity index (χ2n) is 8.21. The first-order chi connectivity index (χ1) is 17.3. The summed E-state index contributed by atoms with van der Waals surface area (Å²) >= 11 is 0. The Hall–Kier alpha value is -4.18. The summed E-state index contributed by atoms with van der Waals surface area (Å²) in [6, 6.07) is 13.4. The van der Waals surface area contributed by atoms with Crippen LogP contribution in [0.1, 0.15) is 30.9 Å². The zero-order chi connectivity index (χ0) is 26.2. The molecule has 3 rings (SSSR count). The van der Waals surface area contributed by atoms with E-state index >= 15 is 0 Å². The van der Waals surface area contributed by atoms with Crippen molar-refractivity contribution in [3.05, 3.63) is 92.3 Å². The molecule has 1 atom stereocenters. The molecule has 36 heavy (non-hydrogen) atoms. The van der Waals surface area contributed by atoms with Gasteiger partial charge in [0.1, 0.15) is 0 Å². The van der Waals surface area contributed by atoms with Crippen LogP contribution in [0.3, 0.4) is 0 Å². The number of non-ortho nitro benzene ring substituents is 1. The maximum absolute atomic E-state index is 13.3. The van der Waals surface area contributed by atoms with Crippen molar-refractivity contribution in [2.45, 2.75) is 26.2 Å². The number of carbonyl (C=O) groups excluding carboxylic acids is 2. The van der Waals surface area contributed by atoms with Crippen LogP contribution in [0.2, 0.25) is 0 Å². The number of carbonyl (C=O) groups is 2. The Bertz CT molecular complexity index is 1200. The molecule has 1 aliphatic rings. The summed E-state index contributed by atoms with van der Waals surface area (Å²) in [5.74, 6) is -2.18. The third-order valence-corrected chi connectivity index (χ3v) is 5.82. The summed E-state index contributed by atoms with van der Waals surface area (Å²) in [6.45, 7) is 3.95. The predicted octanol–water partition coefficient (Wildman–Crippen LogP) is 3.19. The van der Waals surface area contributed by atoms with Gasteiger partial charge in [-0.3, -0.25) is 10.1 Å². The van der Waals surface area contributed by atoms with Gasteiger partial charge in [0.15, 0.2) is 0 Å². The Morgan fingerprint density at radius 1 is 1.08 bits per heavy atom. The molecule has 0 saturated heterocycles. The van der Waals surface area contributed by atoms with Gasteiger partial charge in [0.25, 0.3) is 5.69 Å². The number of rotatable bonds is 10. The lowest BCUT2D eigenvalue weighted by atomic mass is 9.80. The Balaban J connectivity index is 1.84. The molecule has 2 aromatic rings. The van der Waals surface area contributed by atoms with Crippen LogP contribution < -0.4 is 10.6 Å². The summed E-state index contributed by atoms with van der Waals surface area (Å²) in [4.78, 5) is 36.8. The number of ether oxygens (including phenoxy) is 2. The van der Waals surface area contributed by atoms with Gasteiger partial charge in [0.05, 0.1) is 42.3 Å². The van der Waals surface area contributed by atoms with Gasteiger partial charge >= 0.3 is 11.9 Å². The highest BCUT2D eigenvalue weighted by Crippen LogP contribution is 2.40. The van der Waals surface area contributed by atoms with Crippen molar-refractivity contribution in [1.82, 2.24) is 5.32 Å². The topological polar surface area (TPSA) is 140 Å². The number of nitro groups is 1. The van der Waals surface area contributed by atoms with Crippen LogP contribution in [0.4, 0.5) is 11.4 Å². The zero-order valence-electron chi connectivity index (χ0n) is 20.4. The minimum absolute atomic E-state index is 0.0333. The first-order valence-electron chi connectivity index (χ1n) is 11.4. The molecule has 0 aliphatic carbocycles. The molecule has 2 aromatic carbocycles. The molecular formula is C26H29N3O7. The van der Waals surface area contributed by atoms with Crippen LogP contribution in [0.25, 0.3) is 0 Å². The van der Waals surface area contributed by atoms with Gasteiger partial charge < -0.3 is 25.2 Å². The molecule has 10 heteroatoms. The molecule has 1 unspecified atom stereocenters. The maximum atomic E-state index is 13.3. The number of nitro benzene ring substituents is 1. The molecule has 10 nitrogen and oxygen atoms in total. The highest BCUT2D eigenvalue weighted by molar-refractivity contribution is 5.99. The van der Waals surface area contributed by atoms with E-state index in [9.17, 15) is 19.7 Å². The summed E-state index contributed by atoms with van der Waals surface area (Å²) in [6.07, 6.45) is 0.464. The van der Waals surface area contributed by atoms with E-state index in [4.69, 9.17) is 14.6 Å². The Labute approximate surface area is 208 Å². The third-order valence-electron chi connectivity index (χ3n) is 5.82. The predicted molar refractivity (Wildman–Crippen MR) is 133 cm³/mol. The van der Waals surface area contributed by atoms with E-state index in [1.165, 1.54) is 25.3 Å². The van der Waals surface area contributed by atoms with E-state index in [2.05, 4.69) is 10.6 Å². The van der Waals surface area contributed by atoms with Crippen molar-refractivity contribution >= 4 is 23.3 Å². The van der Waals surface area contributed by atoms with Gasteiger partial charge in [-0.15, -0.1) is 0 Å². The van der Waals surface area contributed by atoms with Crippen LogP contribution in [0.5, 0.6) is 0 Å². The molecule has 0 spiro atoms. The first-order valence-corrected chi connectivity index (χ1v) is 11.4. The lowest BCUT2D eigenvalue weighted by Gasteiger charge is -2.30. The minimum atomic E-state index is -0.900. The van der Waals surface area contributed by atoms with Crippen LogP contribution in [0, 0.1) is 10.1 Å². The van der Waals surface area contributed by atoms with Gasteiger partial charge in [0.2, 0.25) is 0 Å². The number of methoxy groups -OCH3 is 1. The van der Waals surface area contributed by atoms with Crippen molar-refractivity contribution in [1.29, 1.82) is 0 Å². The number of aliphatic hydroxyl groups excluding tert-OH is 1. The van der Waals surface area contributed by atoms with Crippen LogP contribution in [-0.4, -0.2) is 48.8 Å². The Morgan fingerprint density at radius 2 is 1.75 bits per heavy atom. The average molecular weight is 496 g/mol. The normalized spacial score (nSPS) is 15.3. The monoisotopic (exact) mass is 495 g/mol. The number of hydrogen-bond acceptors (Lipinski definition) is 9. The summed E-state index contributed by atoms with van der Waals surface area (Å²) in [5, 5.41) is 26.4. The van der Waals surface area contributed by atoms with Gasteiger partial charge in [-0.1, -0.05) is 24.3 Å². The SMILES string of the molecule is COC(=O)C1=C(C)NC(C)=C(C(=O)OCCc2ccc(NCCO)cc2)C1c1cccc([N+](=O)[O-])c1. The van der Waals surface area contributed by atoms with Crippen LogP contribution in [0.15, 0.2) is 71.1 Å². The van der Waals surface area contributed by atoms with Crippen molar-refractivity contribution in [2.75, 3.05) is 32.2 Å². The molecule has 0 radical (unpaired) electrons. The lowest BCUT2D eigenvalue weighted by Crippen LogP contribution is -2.32. The van der Waals surface area contributed by atoms with E-state index in [0.717, 1.165) is 11.3 Å². The van der Waals surface area contributed by atoms with Gasteiger partial charge in [0, 0.05) is 42.2 Å². The number of benzene rings is 2. The number of esters is 2. The van der Waals surface area contributed by atoms with Crippen molar-refractivity contribution < 1.29 is 29.1 Å². The van der Waals surface area contributed by atoms with E-state index in [-0.39, 0.29) is 30.0 Å². The van der Waals surface area contributed by atoms with Crippen LogP contribution >= 0.6 is 0 Å². The smallest absolute Gasteiger partial charge is 0.336 e. The number of dihydropyridines is 1. The molecule has 190 valence electrons. The molecule has 0 saturated carbocycles. The number of anilines is 1. The molecule has 0 aromatic heterocycles. The van der Waals surface area contributed by atoms with Gasteiger partial charge in [-0.25, -0.2) is 9.59 Å². The number of nitrogens with one attached hydrogen (secondary N) is 2. The van der Waals surface area contributed by atoms with E-state index in [0.29, 0.717) is 29.9 Å². The highest BCUT2D eigenvalue weighted by Gasteiger charge is 2.38. The molecule has 0 fully saturated rings. The fourth-order valence-corrected chi connectivity index (χ4v) is 4.13. The maximum Gasteiger partial charge on any atom is 0.336 e. The fraction of sp³-hybridized carbons (Fsp3) is 0.308. The first kappa shape index (κ1) is 26.4. The van der Waals surface area contributed by atoms with E-state index in [1.54, 1.807) is 19.9 Å².